The molecule has 0 spiro atoms. The molecule has 39 heavy (non-hydrogen) atoms. The Bertz CT molecular complexity index is 1210. The second-order valence-corrected chi connectivity index (χ2v) is 9.71. The van der Waals surface area contributed by atoms with E-state index in [-0.39, 0.29) is 11.6 Å². The number of carbonyl (C=O) groups is 1. The van der Waals surface area contributed by atoms with Crippen LogP contribution >= 0.6 is 0 Å². The molecule has 0 saturated carbocycles. The Kier molecular flexibility index (Phi) is 9.70. The van der Waals surface area contributed by atoms with Crippen molar-refractivity contribution < 1.29 is 22.7 Å². The number of piperazine rings is 1. The van der Waals surface area contributed by atoms with Crippen molar-refractivity contribution in [2.75, 3.05) is 49.9 Å². The van der Waals surface area contributed by atoms with E-state index in [1.807, 2.05) is 47.4 Å². The highest BCUT2D eigenvalue weighted by Gasteiger charge is 2.33. The summed E-state index contributed by atoms with van der Waals surface area (Å²) in [5, 5.41) is 2.98. The second kappa shape index (κ2) is 13.4. The van der Waals surface area contributed by atoms with Crippen LogP contribution in [0.1, 0.15) is 41.6 Å². The molecule has 3 N–H and O–H groups in total. The molecule has 6 nitrogen and oxygen atoms in total. The molecule has 0 aliphatic carbocycles. The van der Waals surface area contributed by atoms with Crippen LogP contribution in [-0.2, 0) is 6.18 Å². The predicted molar refractivity (Wildman–Crippen MR) is 148 cm³/mol. The first kappa shape index (κ1) is 28.3. The minimum absolute atomic E-state index is 0.116. The van der Waals surface area contributed by atoms with Gasteiger partial charge in [-0.3, -0.25) is 9.69 Å². The Balaban J connectivity index is 1.09. The summed E-state index contributed by atoms with van der Waals surface area (Å²) in [5.41, 5.74) is 5.64. The lowest BCUT2D eigenvalue weighted by molar-refractivity contribution is -0.136. The summed E-state index contributed by atoms with van der Waals surface area (Å²) in [7, 11) is 0. The summed E-state index contributed by atoms with van der Waals surface area (Å²) in [6, 6.07) is 20.7. The molecule has 0 unspecified atom stereocenters. The molecule has 0 radical (unpaired) electrons. The van der Waals surface area contributed by atoms with Crippen LogP contribution in [0.3, 0.4) is 0 Å². The van der Waals surface area contributed by atoms with E-state index in [9.17, 15) is 18.0 Å². The predicted octanol–water partition coefficient (Wildman–Crippen LogP) is 6.19. The van der Waals surface area contributed by atoms with Crippen molar-refractivity contribution in [3.05, 3.63) is 83.9 Å². The molecule has 1 amide bonds. The molecule has 0 atom stereocenters. The molecular weight excluding hydrogens is 505 g/mol. The van der Waals surface area contributed by atoms with Gasteiger partial charge in [0.1, 0.15) is 11.5 Å². The number of anilines is 2. The van der Waals surface area contributed by atoms with E-state index >= 15 is 0 Å². The van der Waals surface area contributed by atoms with Crippen LogP contribution in [0.5, 0.6) is 11.5 Å². The van der Waals surface area contributed by atoms with Gasteiger partial charge in [0.15, 0.2) is 0 Å². The zero-order valence-electron chi connectivity index (χ0n) is 21.9. The zero-order valence-corrected chi connectivity index (χ0v) is 21.9. The average Bonchev–Trinajstić information content (AvgIpc) is 2.93. The van der Waals surface area contributed by atoms with Gasteiger partial charge in [-0.15, -0.1) is 0 Å². The molecule has 4 rings (SSSR count). The van der Waals surface area contributed by atoms with Crippen LogP contribution in [0.25, 0.3) is 0 Å². The fourth-order valence-corrected chi connectivity index (χ4v) is 4.66. The van der Waals surface area contributed by atoms with E-state index < -0.39 is 11.7 Å². The summed E-state index contributed by atoms with van der Waals surface area (Å²) in [6.45, 7) is 4.58. The third kappa shape index (κ3) is 8.38. The number of unbranched alkanes of at least 4 members (excludes halogenated alkanes) is 3. The Morgan fingerprint density at radius 2 is 1.56 bits per heavy atom. The fourth-order valence-electron chi connectivity index (χ4n) is 4.66. The molecular formula is C30H35F3N4O2. The molecule has 3 aromatic rings. The van der Waals surface area contributed by atoms with Crippen LogP contribution in [-0.4, -0.2) is 50.1 Å². The van der Waals surface area contributed by atoms with E-state index in [4.69, 9.17) is 10.5 Å². The molecule has 208 valence electrons. The normalized spacial score (nSPS) is 14.3. The maximum absolute atomic E-state index is 13.2. The summed E-state index contributed by atoms with van der Waals surface area (Å²) >= 11 is 0. The lowest BCUT2D eigenvalue weighted by atomic mass is 10.1. The number of nitrogen functional groups attached to an aromatic ring is 1. The zero-order chi connectivity index (χ0) is 27.7. The number of halogens is 3. The van der Waals surface area contributed by atoms with Gasteiger partial charge in [-0.2, -0.15) is 13.2 Å². The maximum Gasteiger partial charge on any atom is 0.418 e. The number of para-hydroxylation sites is 1. The average molecular weight is 541 g/mol. The second-order valence-electron chi connectivity index (χ2n) is 9.71. The molecule has 1 fully saturated rings. The van der Waals surface area contributed by atoms with E-state index in [1.54, 1.807) is 18.2 Å². The van der Waals surface area contributed by atoms with Gasteiger partial charge in [-0.05, 0) is 67.9 Å². The van der Waals surface area contributed by atoms with Crippen LogP contribution in [0.15, 0.2) is 72.8 Å². The monoisotopic (exact) mass is 540 g/mol. The van der Waals surface area contributed by atoms with Crippen molar-refractivity contribution in [3.8, 4) is 11.5 Å². The number of benzene rings is 3. The van der Waals surface area contributed by atoms with Crippen molar-refractivity contribution in [1.82, 2.24) is 10.2 Å². The van der Waals surface area contributed by atoms with Crippen molar-refractivity contribution in [2.45, 2.75) is 31.9 Å². The lowest BCUT2D eigenvalue weighted by Gasteiger charge is -2.36. The number of amides is 1. The molecule has 3 aromatic carbocycles. The molecule has 1 heterocycles. The smallest absolute Gasteiger partial charge is 0.418 e. The minimum Gasteiger partial charge on any atom is -0.457 e. The number of rotatable bonds is 11. The third-order valence-electron chi connectivity index (χ3n) is 6.84. The van der Waals surface area contributed by atoms with Gasteiger partial charge in [0, 0.05) is 49.7 Å². The molecule has 1 aliphatic rings. The highest BCUT2D eigenvalue weighted by atomic mass is 19.4. The number of hydrogen-bond donors (Lipinski definition) is 2. The Hall–Kier alpha value is -3.72. The van der Waals surface area contributed by atoms with Gasteiger partial charge >= 0.3 is 6.18 Å². The maximum atomic E-state index is 13.2. The number of nitrogens with one attached hydrogen (secondary N) is 1. The fraction of sp³-hybridized carbons (Fsp3) is 0.367. The van der Waals surface area contributed by atoms with Gasteiger partial charge in [0.25, 0.3) is 5.91 Å². The van der Waals surface area contributed by atoms with Crippen molar-refractivity contribution >= 4 is 17.3 Å². The highest BCUT2D eigenvalue weighted by Crippen LogP contribution is 2.36. The van der Waals surface area contributed by atoms with Gasteiger partial charge in [-0.25, -0.2) is 0 Å². The SMILES string of the molecule is Nc1ccc(N2CCN(CCCCCCNC(=O)c3cccc(Oc4ccccc4)c3)CC2)cc1C(F)(F)F. The first-order valence-corrected chi connectivity index (χ1v) is 13.3. The minimum atomic E-state index is -4.45. The number of ether oxygens (including phenoxy) is 1. The van der Waals surface area contributed by atoms with Gasteiger partial charge in [0.05, 0.1) is 5.56 Å². The van der Waals surface area contributed by atoms with Crippen molar-refractivity contribution in [1.29, 1.82) is 0 Å². The summed E-state index contributed by atoms with van der Waals surface area (Å²) in [4.78, 5) is 16.9. The van der Waals surface area contributed by atoms with Crippen molar-refractivity contribution in [3.63, 3.8) is 0 Å². The van der Waals surface area contributed by atoms with E-state index in [1.165, 1.54) is 6.07 Å². The summed E-state index contributed by atoms with van der Waals surface area (Å²) in [5.74, 6) is 1.22. The standard InChI is InChI=1S/C30H35F3N4O2/c31-30(32,33)27-22-24(13-14-28(27)34)37-19-17-36(18-20-37)16-7-2-1-6-15-35-29(38)23-9-8-12-26(21-23)39-25-10-4-3-5-11-25/h3-5,8-14,21-22H,1-2,6-7,15-20,34H2,(H,35,38). The van der Waals surface area contributed by atoms with Gasteiger partial charge < -0.3 is 20.7 Å². The topological polar surface area (TPSA) is 70.8 Å². The van der Waals surface area contributed by atoms with Gasteiger partial charge in [0.2, 0.25) is 0 Å². The van der Waals surface area contributed by atoms with Crippen LogP contribution < -0.4 is 20.7 Å². The molecule has 0 aromatic heterocycles. The first-order valence-electron chi connectivity index (χ1n) is 13.3. The van der Waals surface area contributed by atoms with E-state index in [0.717, 1.165) is 57.1 Å². The van der Waals surface area contributed by atoms with E-state index in [0.29, 0.717) is 36.6 Å². The first-order chi connectivity index (χ1) is 18.8. The molecule has 9 heteroatoms. The van der Waals surface area contributed by atoms with Gasteiger partial charge in [-0.1, -0.05) is 37.1 Å². The largest absolute Gasteiger partial charge is 0.457 e. The summed E-state index contributed by atoms with van der Waals surface area (Å²) in [6.07, 6.45) is -0.426. The van der Waals surface area contributed by atoms with E-state index in [2.05, 4.69) is 10.2 Å². The van der Waals surface area contributed by atoms with Crippen LogP contribution in [0.4, 0.5) is 24.5 Å². The highest BCUT2D eigenvalue weighted by molar-refractivity contribution is 5.94. The van der Waals surface area contributed by atoms with Crippen molar-refractivity contribution in [2.24, 2.45) is 0 Å². The number of carbonyl (C=O) groups excluding carboxylic acids is 1. The number of hydrogen-bond acceptors (Lipinski definition) is 5. The Morgan fingerprint density at radius 1 is 0.846 bits per heavy atom. The summed E-state index contributed by atoms with van der Waals surface area (Å²) < 4.78 is 45.3. The van der Waals surface area contributed by atoms with Crippen LogP contribution in [0, 0.1) is 0 Å². The number of nitrogens with two attached hydrogens (primary N) is 1. The lowest BCUT2D eigenvalue weighted by Crippen LogP contribution is -2.46. The number of alkyl halides is 3. The Morgan fingerprint density at radius 3 is 2.31 bits per heavy atom. The van der Waals surface area contributed by atoms with Crippen LogP contribution in [0.2, 0.25) is 0 Å². The number of nitrogens with zero attached hydrogens (tertiary/aromatic N) is 2. The third-order valence-corrected chi connectivity index (χ3v) is 6.84. The molecule has 1 saturated heterocycles. The Labute approximate surface area is 227 Å². The molecule has 0 bridgehead atoms. The molecule has 1 aliphatic heterocycles. The quantitative estimate of drug-likeness (QED) is 0.224.